The lowest BCUT2D eigenvalue weighted by atomic mass is 9.89. The van der Waals surface area contributed by atoms with Gasteiger partial charge in [-0.2, -0.15) is 0 Å². The highest BCUT2D eigenvalue weighted by Crippen LogP contribution is 2.22. The molecule has 0 heterocycles. The Bertz CT molecular complexity index is 521. The van der Waals surface area contributed by atoms with Crippen LogP contribution in [-0.2, 0) is 14.3 Å². The summed E-state index contributed by atoms with van der Waals surface area (Å²) in [4.78, 5) is 23.3. The van der Waals surface area contributed by atoms with Gasteiger partial charge in [-0.15, -0.1) is 0 Å². The third-order valence-corrected chi connectivity index (χ3v) is 4.27. The summed E-state index contributed by atoms with van der Waals surface area (Å²) < 4.78 is 10.4. The molecule has 0 bridgehead atoms. The first-order valence-electron chi connectivity index (χ1n) is 8.75. The van der Waals surface area contributed by atoms with Gasteiger partial charge >= 0.3 is 5.97 Å². The first-order chi connectivity index (χ1) is 11.6. The number of amides is 1. The van der Waals surface area contributed by atoms with Crippen molar-refractivity contribution in [3.8, 4) is 5.75 Å². The Hall–Kier alpha value is -2.04. The van der Waals surface area contributed by atoms with E-state index in [1.165, 1.54) is 32.1 Å². The zero-order valence-corrected chi connectivity index (χ0v) is 14.4. The second-order valence-corrected chi connectivity index (χ2v) is 6.38. The molecule has 1 aliphatic rings. The van der Waals surface area contributed by atoms with Crippen LogP contribution in [0.25, 0.3) is 0 Å². The lowest BCUT2D eigenvalue weighted by Gasteiger charge is -2.21. The minimum Gasteiger partial charge on any atom is -0.493 e. The van der Waals surface area contributed by atoms with Crippen molar-refractivity contribution < 1.29 is 19.1 Å². The van der Waals surface area contributed by atoms with Gasteiger partial charge in [-0.25, -0.2) is 0 Å². The van der Waals surface area contributed by atoms with E-state index in [4.69, 9.17) is 9.47 Å². The summed E-state index contributed by atoms with van der Waals surface area (Å²) in [6.45, 7) is 2.72. The Labute approximate surface area is 143 Å². The highest BCUT2D eigenvalue weighted by Gasteiger charge is 2.15. The van der Waals surface area contributed by atoms with E-state index in [9.17, 15) is 9.59 Å². The van der Waals surface area contributed by atoms with Crippen molar-refractivity contribution in [2.45, 2.75) is 45.4 Å². The van der Waals surface area contributed by atoms with Crippen molar-refractivity contribution in [2.75, 3.05) is 19.8 Å². The lowest BCUT2D eigenvalue weighted by molar-refractivity contribution is -0.149. The summed E-state index contributed by atoms with van der Waals surface area (Å²) in [6.07, 6.45) is 6.27. The minimum absolute atomic E-state index is 0.129. The first-order valence-corrected chi connectivity index (χ1v) is 8.75. The second-order valence-electron chi connectivity index (χ2n) is 6.38. The predicted molar refractivity (Wildman–Crippen MR) is 91.8 cm³/mol. The number of hydrogen-bond acceptors (Lipinski definition) is 4. The summed E-state index contributed by atoms with van der Waals surface area (Å²) in [7, 11) is 0. The van der Waals surface area contributed by atoms with Crippen molar-refractivity contribution >= 4 is 11.9 Å². The number of esters is 1. The molecule has 2 rings (SSSR count). The topological polar surface area (TPSA) is 64.6 Å². The quantitative estimate of drug-likeness (QED) is 0.743. The molecule has 5 heteroatoms. The van der Waals surface area contributed by atoms with Crippen LogP contribution in [-0.4, -0.2) is 31.6 Å². The third-order valence-electron chi connectivity index (χ3n) is 4.27. The standard InChI is InChI=1S/C19H27NO4/c1-15-7-9-17(10-8-15)23-12-11-19(22)24-14-18(21)20-13-16-5-3-2-4-6-16/h7-10,16H,2-6,11-14H2,1H3,(H,20,21). The first kappa shape index (κ1) is 18.3. The Morgan fingerprint density at radius 3 is 2.54 bits per heavy atom. The van der Waals surface area contributed by atoms with E-state index in [1.807, 2.05) is 31.2 Å². The minimum atomic E-state index is -0.421. The number of benzene rings is 1. The van der Waals surface area contributed by atoms with Crippen molar-refractivity contribution in [3.63, 3.8) is 0 Å². The summed E-state index contributed by atoms with van der Waals surface area (Å²) in [5, 5.41) is 2.85. The average molecular weight is 333 g/mol. The van der Waals surface area contributed by atoms with Crippen LogP contribution in [0.5, 0.6) is 5.75 Å². The molecule has 132 valence electrons. The molecule has 1 fully saturated rings. The molecule has 0 aromatic heterocycles. The normalized spacial score (nSPS) is 14.9. The van der Waals surface area contributed by atoms with Gasteiger partial charge in [0.05, 0.1) is 13.0 Å². The Balaban J connectivity index is 1.53. The van der Waals surface area contributed by atoms with Crippen molar-refractivity contribution in [2.24, 2.45) is 5.92 Å². The average Bonchev–Trinajstić information content (AvgIpc) is 2.61. The molecular weight excluding hydrogens is 306 g/mol. The molecule has 0 radical (unpaired) electrons. The molecule has 0 spiro atoms. The Morgan fingerprint density at radius 1 is 1.12 bits per heavy atom. The van der Waals surface area contributed by atoms with Gasteiger partial charge in [-0.1, -0.05) is 37.0 Å². The number of aryl methyl sites for hydroxylation is 1. The van der Waals surface area contributed by atoms with Crippen LogP contribution in [0.3, 0.4) is 0 Å². The molecule has 1 aliphatic carbocycles. The number of hydrogen-bond donors (Lipinski definition) is 1. The molecule has 1 N–H and O–H groups in total. The van der Waals surface area contributed by atoms with E-state index in [2.05, 4.69) is 5.32 Å². The van der Waals surface area contributed by atoms with E-state index >= 15 is 0 Å². The number of rotatable bonds is 8. The van der Waals surface area contributed by atoms with Gasteiger partial charge in [0.25, 0.3) is 5.91 Å². The van der Waals surface area contributed by atoms with Crippen molar-refractivity contribution in [1.82, 2.24) is 5.32 Å². The maximum Gasteiger partial charge on any atom is 0.309 e. The fourth-order valence-electron chi connectivity index (χ4n) is 2.81. The Morgan fingerprint density at radius 2 is 1.83 bits per heavy atom. The summed E-state index contributed by atoms with van der Waals surface area (Å²) in [5.41, 5.74) is 1.15. The molecule has 1 saturated carbocycles. The molecule has 1 aromatic rings. The number of carbonyl (C=O) groups is 2. The van der Waals surface area contributed by atoms with Gasteiger partial charge in [0, 0.05) is 6.54 Å². The summed E-state index contributed by atoms with van der Waals surface area (Å²) in [5.74, 6) is 0.642. The lowest BCUT2D eigenvalue weighted by Crippen LogP contribution is -2.33. The zero-order chi connectivity index (χ0) is 17.2. The van der Waals surface area contributed by atoms with E-state index in [0.29, 0.717) is 12.5 Å². The number of nitrogens with one attached hydrogen (secondary N) is 1. The largest absolute Gasteiger partial charge is 0.493 e. The van der Waals surface area contributed by atoms with Crippen LogP contribution in [0.1, 0.15) is 44.1 Å². The van der Waals surface area contributed by atoms with Crippen LogP contribution in [0.2, 0.25) is 0 Å². The molecule has 1 amide bonds. The van der Waals surface area contributed by atoms with Gasteiger partial charge in [0.2, 0.25) is 0 Å². The van der Waals surface area contributed by atoms with Gasteiger partial charge in [-0.05, 0) is 37.8 Å². The van der Waals surface area contributed by atoms with Gasteiger partial charge in [0.15, 0.2) is 6.61 Å². The maximum absolute atomic E-state index is 11.7. The van der Waals surface area contributed by atoms with Crippen LogP contribution < -0.4 is 10.1 Å². The summed E-state index contributed by atoms with van der Waals surface area (Å²) >= 11 is 0. The molecule has 24 heavy (non-hydrogen) atoms. The third kappa shape index (κ3) is 7.02. The summed E-state index contributed by atoms with van der Waals surface area (Å²) in [6, 6.07) is 7.62. The molecule has 0 atom stereocenters. The van der Waals surface area contributed by atoms with E-state index in [-0.39, 0.29) is 25.5 Å². The van der Waals surface area contributed by atoms with Crippen LogP contribution >= 0.6 is 0 Å². The number of carbonyl (C=O) groups excluding carboxylic acids is 2. The maximum atomic E-state index is 11.7. The molecule has 0 saturated heterocycles. The molecule has 0 aliphatic heterocycles. The molecular formula is C19H27NO4. The SMILES string of the molecule is Cc1ccc(OCCC(=O)OCC(=O)NCC2CCCCC2)cc1. The molecule has 5 nitrogen and oxygen atoms in total. The van der Waals surface area contributed by atoms with Gasteiger partial charge < -0.3 is 14.8 Å². The monoisotopic (exact) mass is 333 g/mol. The highest BCUT2D eigenvalue weighted by atomic mass is 16.5. The predicted octanol–water partition coefficient (Wildman–Crippen LogP) is 3.00. The van der Waals surface area contributed by atoms with Crippen LogP contribution in [0.4, 0.5) is 0 Å². The molecule has 0 unspecified atom stereocenters. The fourth-order valence-corrected chi connectivity index (χ4v) is 2.81. The van der Waals surface area contributed by atoms with E-state index < -0.39 is 5.97 Å². The van der Waals surface area contributed by atoms with Crippen molar-refractivity contribution in [1.29, 1.82) is 0 Å². The van der Waals surface area contributed by atoms with E-state index in [1.54, 1.807) is 0 Å². The van der Waals surface area contributed by atoms with E-state index in [0.717, 1.165) is 11.3 Å². The number of ether oxygens (including phenoxy) is 2. The Kier molecular flexibility index (Phi) is 7.59. The second kappa shape index (κ2) is 9.96. The van der Waals surface area contributed by atoms with Gasteiger partial charge in [0.1, 0.15) is 5.75 Å². The fraction of sp³-hybridized carbons (Fsp3) is 0.579. The van der Waals surface area contributed by atoms with Crippen LogP contribution in [0.15, 0.2) is 24.3 Å². The zero-order valence-electron chi connectivity index (χ0n) is 14.4. The smallest absolute Gasteiger partial charge is 0.309 e. The van der Waals surface area contributed by atoms with Gasteiger partial charge in [-0.3, -0.25) is 9.59 Å². The van der Waals surface area contributed by atoms with Crippen molar-refractivity contribution in [3.05, 3.63) is 29.8 Å². The molecule has 1 aromatic carbocycles. The highest BCUT2D eigenvalue weighted by molar-refractivity contribution is 5.80. The van der Waals surface area contributed by atoms with Crippen LogP contribution in [0, 0.1) is 12.8 Å².